The summed E-state index contributed by atoms with van der Waals surface area (Å²) in [5.74, 6) is -0.850. The number of para-hydroxylation sites is 1. The molecule has 1 unspecified atom stereocenters. The number of rotatable bonds is 6. The van der Waals surface area contributed by atoms with Gasteiger partial charge in [0.1, 0.15) is 17.3 Å². The van der Waals surface area contributed by atoms with Gasteiger partial charge >= 0.3 is 5.97 Å². The number of hydrazone groups is 1. The third-order valence-electron chi connectivity index (χ3n) is 5.39. The molecule has 150 valence electrons. The molecule has 7 nitrogen and oxygen atoms in total. The predicted molar refractivity (Wildman–Crippen MR) is 106 cm³/mol. The minimum atomic E-state index is -1.00. The molecular weight excluding hydrogens is 358 g/mol. The Morgan fingerprint density at radius 3 is 2.46 bits per heavy atom. The maximum Gasteiger partial charge on any atom is 0.331 e. The number of nitrogens with zero attached hydrogens (tertiary/aromatic N) is 2. The van der Waals surface area contributed by atoms with Gasteiger partial charge in [0.05, 0.1) is 12.3 Å². The van der Waals surface area contributed by atoms with Crippen molar-refractivity contribution >= 4 is 29.1 Å². The number of ether oxygens (including phenoxy) is 1. The summed E-state index contributed by atoms with van der Waals surface area (Å²) < 4.78 is 5.24. The zero-order valence-electron chi connectivity index (χ0n) is 16.4. The van der Waals surface area contributed by atoms with Crippen molar-refractivity contribution in [1.82, 2.24) is 5.32 Å². The van der Waals surface area contributed by atoms with Crippen LogP contribution in [0.1, 0.15) is 52.4 Å². The number of benzene rings is 1. The third-order valence-corrected chi connectivity index (χ3v) is 5.39. The van der Waals surface area contributed by atoms with Crippen molar-refractivity contribution in [2.75, 3.05) is 11.6 Å². The van der Waals surface area contributed by atoms with E-state index in [9.17, 15) is 14.4 Å². The van der Waals surface area contributed by atoms with Crippen LogP contribution in [0.5, 0.6) is 0 Å². The lowest BCUT2D eigenvalue weighted by atomic mass is 9.81. The number of nitrogens with one attached hydrogen (secondary N) is 1. The first kappa shape index (κ1) is 20.0. The van der Waals surface area contributed by atoms with E-state index >= 15 is 0 Å². The van der Waals surface area contributed by atoms with Crippen LogP contribution in [0.4, 0.5) is 5.69 Å². The van der Waals surface area contributed by atoms with E-state index in [2.05, 4.69) is 10.4 Å². The lowest BCUT2D eigenvalue weighted by molar-refractivity contribution is -0.154. The van der Waals surface area contributed by atoms with Crippen LogP contribution in [-0.4, -0.2) is 41.6 Å². The average molecular weight is 385 g/mol. The van der Waals surface area contributed by atoms with Crippen LogP contribution >= 0.6 is 0 Å². The smallest absolute Gasteiger partial charge is 0.331 e. The molecular formula is C21H27N3O4. The number of ketones is 1. The molecule has 0 bridgehead atoms. The summed E-state index contributed by atoms with van der Waals surface area (Å²) >= 11 is 0. The van der Waals surface area contributed by atoms with Gasteiger partial charge in [-0.3, -0.25) is 14.6 Å². The number of Topliss-reactive ketones (excluding diaryl/α,β-unsaturated/α-hetero) is 1. The molecule has 1 fully saturated rings. The molecule has 7 heteroatoms. The Balaban J connectivity index is 1.82. The van der Waals surface area contributed by atoms with Gasteiger partial charge in [-0.05, 0) is 38.8 Å². The van der Waals surface area contributed by atoms with Gasteiger partial charge in [0, 0.05) is 6.42 Å². The van der Waals surface area contributed by atoms with E-state index in [1.807, 2.05) is 30.3 Å². The summed E-state index contributed by atoms with van der Waals surface area (Å²) in [7, 11) is 0. The Labute approximate surface area is 165 Å². The molecule has 28 heavy (non-hydrogen) atoms. The number of anilines is 1. The fraction of sp³-hybridized carbons (Fsp3) is 0.524. The largest absolute Gasteiger partial charge is 0.464 e. The van der Waals surface area contributed by atoms with E-state index in [1.165, 1.54) is 6.92 Å². The van der Waals surface area contributed by atoms with Crippen LogP contribution in [0, 0.1) is 0 Å². The molecule has 1 atom stereocenters. The lowest BCUT2D eigenvalue weighted by Crippen LogP contribution is -2.57. The molecule has 1 saturated carbocycles. The Hall–Kier alpha value is -2.70. The first-order valence-electron chi connectivity index (χ1n) is 9.89. The number of hydrogen-bond donors (Lipinski definition) is 1. The van der Waals surface area contributed by atoms with Gasteiger partial charge in [-0.25, -0.2) is 4.79 Å². The normalized spacial score (nSPS) is 21.0. The van der Waals surface area contributed by atoms with Crippen LogP contribution in [0.2, 0.25) is 0 Å². The second kappa shape index (κ2) is 8.54. The van der Waals surface area contributed by atoms with Crippen molar-refractivity contribution in [3.63, 3.8) is 0 Å². The van der Waals surface area contributed by atoms with Crippen molar-refractivity contribution in [3.8, 4) is 0 Å². The number of amides is 1. The van der Waals surface area contributed by atoms with Crippen LogP contribution in [0.25, 0.3) is 0 Å². The highest BCUT2D eigenvalue weighted by molar-refractivity contribution is 6.40. The van der Waals surface area contributed by atoms with E-state index in [0.717, 1.165) is 24.9 Å². The van der Waals surface area contributed by atoms with Gasteiger partial charge in [-0.1, -0.05) is 37.5 Å². The summed E-state index contributed by atoms with van der Waals surface area (Å²) in [5.41, 5.74) is 0.0151. The van der Waals surface area contributed by atoms with Gasteiger partial charge in [0.15, 0.2) is 5.78 Å². The Morgan fingerprint density at radius 2 is 1.86 bits per heavy atom. The van der Waals surface area contributed by atoms with Gasteiger partial charge in [-0.2, -0.15) is 5.10 Å². The number of esters is 1. The van der Waals surface area contributed by atoms with Gasteiger partial charge < -0.3 is 10.1 Å². The van der Waals surface area contributed by atoms with Crippen LogP contribution < -0.4 is 10.3 Å². The highest BCUT2D eigenvalue weighted by Gasteiger charge is 2.44. The van der Waals surface area contributed by atoms with Crippen molar-refractivity contribution in [3.05, 3.63) is 30.3 Å². The molecule has 2 aliphatic rings. The van der Waals surface area contributed by atoms with E-state index in [0.29, 0.717) is 12.8 Å². The van der Waals surface area contributed by atoms with E-state index < -0.39 is 17.5 Å². The molecule has 1 aliphatic heterocycles. The third kappa shape index (κ3) is 4.08. The minimum Gasteiger partial charge on any atom is -0.464 e. The highest BCUT2D eigenvalue weighted by atomic mass is 16.5. The van der Waals surface area contributed by atoms with Gasteiger partial charge in [0.2, 0.25) is 0 Å². The monoisotopic (exact) mass is 385 g/mol. The maximum atomic E-state index is 13.0. The van der Waals surface area contributed by atoms with E-state index in [4.69, 9.17) is 4.74 Å². The Morgan fingerprint density at radius 1 is 1.18 bits per heavy atom. The predicted octanol–water partition coefficient (Wildman–Crippen LogP) is 2.59. The molecule has 1 aliphatic carbocycles. The molecule has 0 aromatic heterocycles. The first-order valence-corrected chi connectivity index (χ1v) is 9.89. The quantitative estimate of drug-likeness (QED) is 0.761. The van der Waals surface area contributed by atoms with Crippen molar-refractivity contribution in [1.29, 1.82) is 0 Å². The molecule has 1 aromatic rings. The standard InChI is InChI=1S/C21H27N3O4/c1-3-28-20(27)21(12-8-5-9-13-21)22-19(26)17-14-18(15(2)25)24(23-17)16-10-6-4-7-11-16/h4,6-7,10-11,18H,3,5,8-9,12-14H2,1-2H3,(H,22,26). The van der Waals surface area contributed by atoms with Crippen molar-refractivity contribution < 1.29 is 19.1 Å². The molecule has 3 rings (SSSR count). The summed E-state index contributed by atoms with van der Waals surface area (Å²) in [6.07, 6.45) is 4.09. The summed E-state index contributed by atoms with van der Waals surface area (Å²) in [6.45, 7) is 3.52. The fourth-order valence-corrected chi connectivity index (χ4v) is 3.88. The summed E-state index contributed by atoms with van der Waals surface area (Å²) in [4.78, 5) is 37.7. The minimum absolute atomic E-state index is 0.0619. The van der Waals surface area contributed by atoms with Gasteiger partial charge in [-0.15, -0.1) is 0 Å². The topological polar surface area (TPSA) is 88.1 Å². The molecule has 0 saturated heterocycles. The molecule has 0 radical (unpaired) electrons. The SMILES string of the molecule is CCOC(=O)C1(NC(=O)C2=NN(c3ccccc3)C(C(C)=O)C2)CCCCC1. The molecule has 0 spiro atoms. The van der Waals surface area contributed by atoms with Crippen molar-refractivity contribution in [2.45, 2.75) is 64.0 Å². The Bertz CT molecular complexity index is 769. The van der Waals surface area contributed by atoms with E-state index in [-0.39, 0.29) is 30.5 Å². The second-order valence-electron chi connectivity index (χ2n) is 7.37. The molecule has 1 amide bonds. The highest BCUT2D eigenvalue weighted by Crippen LogP contribution is 2.30. The zero-order chi connectivity index (χ0) is 20.1. The zero-order valence-corrected chi connectivity index (χ0v) is 16.4. The van der Waals surface area contributed by atoms with Crippen LogP contribution in [0.3, 0.4) is 0 Å². The maximum absolute atomic E-state index is 13.0. The van der Waals surface area contributed by atoms with Crippen molar-refractivity contribution in [2.24, 2.45) is 5.10 Å². The Kier molecular flexibility index (Phi) is 6.11. The van der Waals surface area contributed by atoms with Crippen LogP contribution in [0.15, 0.2) is 35.4 Å². The lowest BCUT2D eigenvalue weighted by Gasteiger charge is -2.35. The molecule has 1 aromatic carbocycles. The van der Waals surface area contributed by atoms with Crippen LogP contribution in [-0.2, 0) is 19.1 Å². The summed E-state index contributed by atoms with van der Waals surface area (Å²) in [6, 6.07) is 8.78. The first-order chi connectivity index (χ1) is 13.5. The second-order valence-corrected chi connectivity index (χ2v) is 7.37. The fourth-order valence-electron chi connectivity index (χ4n) is 3.88. The number of carbonyl (C=O) groups is 3. The number of carbonyl (C=O) groups excluding carboxylic acids is 3. The average Bonchev–Trinajstić information content (AvgIpc) is 3.15. The molecule has 1 heterocycles. The van der Waals surface area contributed by atoms with Gasteiger partial charge in [0.25, 0.3) is 5.91 Å². The van der Waals surface area contributed by atoms with E-state index in [1.54, 1.807) is 11.9 Å². The summed E-state index contributed by atoms with van der Waals surface area (Å²) in [5, 5.41) is 8.93. The molecule has 1 N–H and O–H groups in total. The number of hydrogen-bond acceptors (Lipinski definition) is 6.